The van der Waals surface area contributed by atoms with E-state index in [-0.39, 0.29) is 23.7 Å². The third-order valence-electron chi connectivity index (χ3n) is 4.24. The second kappa shape index (κ2) is 6.08. The molecule has 2 aromatic rings. The molecule has 0 fully saturated rings. The van der Waals surface area contributed by atoms with Crippen molar-refractivity contribution in [1.82, 2.24) is 5.32 Å². The van der Waals surface area contributed by atoms with Crippen LogP contribution >= 0.6 is 11.3 Å². The van der Waals surface area contributed by atoms with E-state index in [0.29, 0.717) is 12.2 Å². The molecular formula is C17H19FN2OS. The Hall–Kier alpha value is -1.88. The van der Waals surface area contributed by atoms with Gasteiger partial charge in [0.25, 0.3) is 5.91 Å². The van der Waals surface area contributed by atoms with Crippen molar-refractivity contribution in [2.24, 2.45) is 0 Å². The lowest BCUT2D eigenvalue weighted by Crippen LogP contribution is -2.27. The van der Waals surface area contributed by atoms with Crippen LogP contribution in [-0.4, -0.2) is 18.5 Å². The second-order valence-electron chi connectivity index (χ2n) is 5.71. The largest absolute Gasteiger partial charge is 0.379 e. The fraction of sp³-hybridized carbons (Fsp3) is 0.353. The van der Waals surface area contributed by atoms with E-state index < -0.39 is 0 Å². The predicted octanol–water partition coefficient (Wildman–Crippen LogP) is 3.91. The van der Waals surface area contributed by atoms with E-state index in [0.717, 1.165) is 22.4 Å². The molecule has 0 spiro atoms. The Balaban J connectivity index is 1.67. The lowest BCUT2D eigenvalue weighted by atomic mass is 9.89. The number of thiophene rings is 1. The van der Waals surface area contributed by atoms with Gasteiger partial charge in [0, 0.05) is 18.5 Å². The summed E-state index contributed by atoms with van der Waals surface area (Å²) in [5.74, 6) is -0.0169. The van der Waals surface area contributed by atoms with Crippen LogP contribution in [0.25, 0.3) is 0 Å². The normalized spacial score (nSPS) is 19.6. The fourth-order valence-electron chi connectivity index (χ4n) is 3.13. The van der Waals surface area contributed by atoms with Crippen LogP contribution in [0.5, 0.6) is 0 Å². The van der Waals surface area contributed by atoms with Crippen LogP contribution in [0.2, 0.25) is 0 Å². The van der Waals surface area contributed by atoms with Gasteiger partial charge >= 0.3 is 0 Å². The highest BCUT2D eigenvalue weighted by Crippen LogP contribution is 2.41. The van der Waals surface area contributed by atoms with Gasteiger partial charge in [0.1, 0.15) is 5.82 Å². The number of amides is 1. The van der Waals surface area contributed by atoms with E-state index in [4.69, 9.17) is 0 Å². The molecule has 1 aromatic heterocycles. The summed E-state index contributed by atoms with van der Waals surface area (Å²) < 4.78 is 13.9. The zero-order valence-electron chi connectivity index (χ0n) is 12.7. The Bertz CT molecular complexity index is 684. The highest BCUT2D eigenvalue weighted by molar-refractivity contribution is 7.12. The van der Waals surface area contributed by atoms with Crippen molar-refractivity contribution in [3.8, 4) is 0 Å². The molecule has 1 aromatic carbocycles. The highest BCUT2D eigenvalue weighted by Gasteiger charge is 2.32. The van der Waals surface area contributed by atoms with Crippen LogP contribution in [0, 0.1) is 12.7 Å². The number of carbonyl (C=O) groups excluding carboxylic acids is 1. The monoisotopic (exact) mass is 318 g/mol. The third-order valence-corrected chi connectivity index (χ3v) is 5.11. The smallest absolute Gasteiger partial charge is 0.261 e. The maximum Gasteiger partial charge on any atom is 0.261 e. The van der Waals surface area contributed by atoms with Crippen molar-refractivity contribution in [1.29, 1.82) is 0 Å². The summed E-state index contributed by atoms with van der Waals surface area (Å²) in [4.78, 5) is 12.7. The SMILES string of the molecule is Cc1ccc(F)c2c1C(CCNC(=O)c1cccs1)C(C)N2. The third kappa shape index (κ3) is 2.73. The molecule has 1 amide bonds. The van der Waals surface area contributed by atoms with Crippen molar-refractivity contribution in [2.45, 2.75) is 32.2 Å². The van der Waals surface area contributed by atoms with Gasteiger partial charge in [-0.2, -0.15) is 0 Å². The lowest BCUT2D eigenvalue weighted by Gasteiger charge is -2.17. The van der Waals surface area contributed by atoms with Gasteiger partial charge < -0.3 is 10.6 Å². The summed E-state index contributed by atoms with van der Waals surface area (Å²) in [6.07, 6.45) is 0.794. The van der Waals surface area contributed by atoms with Gasteiger partial charge in [-0.05, 0) is 48.9 Å². The molecule has 22 heavy (non-hydrogen) atoms. The molecule has 5 heteroatoms. The number of halogens is 1. The molecule has 0 aliphatic carbocycles. The second-order valence-corrected chi connectivity index (χ2v) is 6.66. The van der Waals surface area contributed by atoms with E-state index in [9.17, 15) is 9.18 Å². The quantitative estimate of drug-likeness (QED) is 0.897. The van der Waals surface area contributed by atoms with Crippen molar-refractivity contribution in [3.05, 3.63) is 51.5 Å². The number of benzene rings is 1. The number of fused-ring (bicyclic) bond motifs is 1. The summed E-state index contributed by atoms with van der Waals surface area (Å²) in [5.41, 5.74) is 2.78. The first-order valence-electron chi connectivity index (χ1n) is 7.45. The Morgan fingerprint density at radius 3 is 2.95 bits per heavy atom. The minimum atomic E-state index is -0.197. The molecule has 2 atom stereocenters. The average molecular weight is 318 g/mol. The lowest BCUT2D eigenvalue weighted by molar-refractivity contribution is 0.0956. The molecule has 3 rings (SSSR count). The molecule has 0 bridgehead atoms. The number of aryl methyl sites for hydroxylation is 1. The summed E-state index contributed by atoms with van der Waals surface area (Å²) in [5, 5.41) is 8.07. The van der Waals surface area contributed by atoms with Crippen LogP contribution in [0.15, 0.2) is 29.6 Å². The summed E-state index contributed by atoms with van der Waals surface area (Å²) in [6.45, 7) is 4.66. The number of anilines is 1. The number of rotatable bonds is 4. The summed E-state index contributed by atoms with van der Waals surface area (Å²) in [7, 11) is 0. The minimum Gasteiger partial charge on any atom is -0.379 e. The van der Waals surface area contributed by atoms with Crippen LogP contribution < -0.4 is 10.6 Å². The van der Waals surface area contributed by atoms with E-state index >= 15 is 0 Å². The van der Waals surface area contributed by atoms with E-state index in [1.54, 1.807) is 0 Å². The zero-order chi connectivity index (χ0) is 15.7. The molecule has 3 nitrogen and oxygen atoms in total. The van der Waals surface area contributed by atoms with Crippen molar-refractivity contribution >= 4 is 22.9 Å². The van der Waals surface area contributed by atoms with Gasteiger partial charge in [0.05, 0.1) is 10.6 Å². The van der Waals surface area contributed by atoms with Crippen LogP contribution in [0.4, 0.5) is 10.1 Å². The Labute approximate surface area is 133 Å². The standard InChI is InChI=1S/C17H19FN2OS/c1-10-5-6-13(18)16-15(10)12(11(2)20-16)7-8-19-17(21)14-4-3-9-22-14/h3-6,9,11-12,20H,7-8H2,1-2H3,(H,19,21). The molecule has 0 radical (unpaired) electrons. The van der Waals surface area contributed by atoms with Gasteiger partial charge in [0.2, 0.25) is 0 Å². The van der Waals surface area contributed by atoms with Gasteiger partial charge in [-0.25, -0.2) is 4.39 Å². The van der Waals surface area contributed by atoms with Crippen LogP contribution in [0.1, 0.15) is 40.1 Å². The first-order chi connectivity index (χ1) is 10.6. The molecular weight excluding hydrogens is 299 g/mol. The molecule has 1 aliphatic heterocycles. The average Bonchev–Trinajstić information content (AvgIpc) is 3.12. The molecule has 116 valence electrons. The van der Waals surface area contributed by atoms with Crippen molar-refractivity contribution in [3.63, 3.8) is 0 Å². The molecule has 1 aliphatic rings. The van der Waals surface area contributed by atoms with E-state index in [1.807, 2.05) is 30.5 Å². The maximum absolute atomic E-state index is 13.9. The summed E-state index contributed by atoms with van der Waals surface area (Å²) in [6, 6.07) is 7.18. The number of hydrogen-bond acceptors (Lipinski definition) is 3. The molecule has 2 heterocycles. The molecule has 2 N–H and O–H groups in total. The molecule has 0 saturated carbocycles. The maximum atomic E-state index is 13.9. The molecule has 2 unspecified atom stereocenters. The van der Waals surface area contributed by atoms with Gasteiger partial charge in [-0.15, -0.1) is 11.3 Å². The van der Waals surface area contributed by atoms with E-state index in [2.05, 4.69) is 17.6 Å². The Kier molecular flexibility index (Phi) is 4.16. The van der Waals surface area contributed by atoms with E-state index in [1.165, 1.54) is 17.4 Å². The first kappa shape index (κ1) is 15.0. The zero-order valence-corrected chi connectivity index (χ0v) is 13.5. The predicted molar refractivity (Wildman–Crippen MR) is 88.2 cm³/mol. The number of carbonyl (C=O) groups is 1. The van der Waals surface area contributed by atoms with Gasteiger partial charge in [-0.3, -0.25) is 4.79 Å². The summed E-state index contributed by atoms with van der Waals surface area (Å²) >= 11 is 1.43. The fourth-order valence-corrected chi connectivity index (χ4v) is 3.77. The van der Waals surface area contributed by atoms with Crippen molar-refractivity contribution in [2.75, 3.05) is 11.9 Å². The van der Waals surface area contributed by atoms with Crippen molar-refractivity contribution < 1.29 is 9.18 Å². The van der Waals surface area contributed by atoms with Crippen LogP contribution in [-0.2, 0) is 0 Å². The van der Waals surface area contributed by atoms with Gasteiger partial charge in [-0.1, -0.05) is 12.1 Å². The number of hydrogen-bond donors (Lipinski definition) is 2. The molecule has 0 saturated heterocycles. The minimum absolute atomic E-state index is 0.0372. The van der Waals surface area contributed by atoms with Crippen LogP contribution in [0.3, 0.4) is 0 Å². The first-order valence-corrected chi connectivity index (χ1v) is 8.33. The Morgan fingerprint density at radius 1 is 1.41 bits per heavy atom. The topological polar surface area (TPSA) is 41.1 Å². The van der Waals surface area contributed by atoms with Gasteiger partial charge in [0.15, 0.2) is 0 Å². The highest BCUT2D eigenvalue weighted by atomic mass is 32.1. The number of nitrogens with one attached hydrogen (secondary N) is 2. The Morgan fingerprint density at radius 2 is 2.23 bits per heavy atom.